The molecule has 0 aliphatic rings. The highest BCUT2D eigenvalue weighted by Gasteiger charge is 2.01. The lowest BCUT2D eigenvalue weighted by Crippen LogP contribution is -1.93. The van der Waals surface area contributed by atoms with Gasteiger partial charge in [0.05, 0.1) is 26.0 Å². The summed E-state index contributed by atoms with van der Waals surface area (Å²) in [5.41, 5.74) is 0.758. The van der Waals surface area contributed by atoms with E-state index < -0.39 is 0 Å². The highest BCUT2D eigenvalue weighted by atomic mass is 16.5. The van der Waals surface area contributed by atoms with Crippen LogP contribution in [0.15, 0.2) is 0 Å². The van der Waals surface area contributed by atoms with Gasteiger partial charge in [-0.05, 0) is 6.92 Å². The Labute approximate surface area is 66.0 Å². The van der Waals surface area contributed by atoms with Gasteiger partial charge in [0.15, 0.2) is 11.5 Å². The van der Waals surface area contributed by atoms with Crippen molar-refractivity contribution in [3.63, 3.8) is 0 Å². The van der Waals surface area contributed by atoms with Gasteiger partial charge in [0.25, 0.3) is 0 Å². The third-order valence-corrected chi connectivity index (χ3v) is 1.29. The molecule has 1 aromatic heterocycles. The van der Waals surface area contributed by atoms with Gasteiger partial charge in [0.1, 0.15) is 6.20 Å². The van der Waals surface area contributed by atoms with E-state index in [1.807, 2.05) is 6.92 Å². The lowest BCUT2D eigenvalue weighted by Gasteiger charge is -2.03. The van der Waals surface area contributed by atoms with Crippen molar-refractivity contribution in [2.24, 2.45) is 0 Å². The van der Waals surface area contributed by atoms with Crippen molar-refractivity contribution in [3.05, 3.63) is 18.0 Å². The lowest BCUT2D eigenvalue weighted by atomic mass is 10.3. The molecule has 0 bridgehead atoms. The second-order valence-corrected chi connectivity index (χ2v) is 2.00. The zero-order chi connectivity index (χ0) is 8.27. The summed E-state index contributed by atoms with van der Waals surface area (Å²) in [6.07, 6.45) is 2.65. The molecule has 0 fully saturated rings. The van der Waals surface area contributed by atoms with E-state index in [1.54, 1.807) is 14.2 Å². The molecule has 0 aromatic carbocycles. The number of pyridine rings is 1. The first-order valence-corrected chi connectivity index (χ1v) is 3.17. The summed E-state index contributed by atoms with van der Waals surface area (Å²) in [4.78, 5) is 3.91. The van der Waals surface area contributed by atoms with Gasteiger partial charge in [-0.3, -0.25) is 0 Å². The van der Waals surface area contributed by atoms with E-state index in [1.165, 1.54) is 0 Å². The predicted octanol–water partition coefficient (Wildman–Crippen LogP) is 1.01. The molecule has 0 aliphatic carbocycles. The second kappa shape index (κ2) is 3.23. The summed E-state index contributed by atoms with van der Waals surface area (Å²) < 4.78 is 9.83. The zero-order valence-electron chi connectivity index (χ0n) is 6.76. The zero-order valence-corrected chi connectivity index (χ0v) is 6.76. The average Bonchev–Trinajstić information content (AvgIpc) is 2.05. The van der Waals surface area contributed by atoms with E-state index in [9.17, 15) is 0 Å². The minimum Gasteiger partial charge on any atom is -0.494 e. The number of ether oxygens (including phenoxy) is 2. The van der Waals surface area contributed by atoms with Crippen molar-refractivity contribution in [1.82, 2.24) is 4.98 Å². The standard InChI is InChI=1S/C8H9NO2/c1-6-8(11-3)4-7(10-2)5-9-6/h1-3H3. The third kappa shape index (κ3) is 1.61. The second-order valence-electron chi connectivity index (χ2n) is 2.00. The fourth-order valence-electron chi connectivity index (χ4n) is 0.702. The van der Waals surface area contributed by atoms with Gasteiger partial charge in [-0.15, -0.1) is 0 Å². The Morgan fingerprint density at radius 2 is 2.00 bits per heavy atom. The molecule has 0 unspecified atom stereocenters. The van der Waals surface area contributed by atoms with Crippen LogP contribution in [0.5, 0.6) is 11.5 Å². The topological polar surface area (TPSA) is 31.4 Å². The van der Waals surface area contributed by atoms with Crippen molar-refractivity contribution >= 4 is 0 Å². The first-order valence-electron chi connectivity index (χ1n) is 3.17. The molecule has 0 aliphatic heterocycles. The van der Waals surface area contributed by atoms with Crippen LogP contribution in [0.1, 0.15) is 5.69 Å². The molecular weight excluding hydrogens is 142 g/mol. The van der Waals surface area contributed by atoms with E-state index >= 15 is 0 Å². The normalized spacial score (nSPS) is 9.36. The van der Waals surface area contributed by atoms with Crippen LogP contribution in [0.25, 0.3) is 0 Å². The summed E-state index contributed by atoms with van der Waals surface area (Å²) in [7, 11) is 3.11. The molecule has 0 amide bonds. The van der Waals surface area contributed by atoms with E-state index in [0.29, 0.717) is 11.5 Å². The van der Waals surface area contributed by atoms with Crippen LogP contribution in [-0.2, 0) is 0 Å². The minimum atomic E-state index is 0.465. The molecule has 0 atom stereocenters. The van der Waals surface area contributed by atoms with Gasteiger partial charge in [-0.1, -0.05) is 0 Å². The molecule has 0 saturated heterocycles. The molecule has 0 N–H and O–H groups in total. The average molecular weight is 151 g/mol. The van der Waals surface area contributed by atoms with Gasteiger partial charge >= 0.3 is 0 Å². The highest BCUT2D eigenvalue weighted by molar-refractivity contribution is 5.31. The fourth-order valence-corrected chi connectivity index (χ4v) is 0.702. The number of hydrogen-bond donors (Lipinski definition) is 0. The monoisotopic (exact) mass is 151 g/mol. The molecular formula is C8H9NO2. The SMILES string of the molecule is COc1[c]nc(C)c(OC)[c]1. The van der Waals surface area contributed by atoms with E-state index in [0.717, 1.165) is 5.69 Å². The van der Waals surface area contributed by atoms with Crippen molar-refractivity contribution < 1.29 is 9.47 Å². The van der Waals surface area contributed by atoms with Crippen LogP contribution in [0.2, 0.25) is 0 Å². The molecule has 3 nitrogen and oxygen atoms in total. The Hall–Kier alpha value is -1.25. The van der Waals surface area contributed by atoms with Crippen LogP contribution in [-0.4, -0.2) is 19.2 Å². The molecule has 2 radical (unpaired) electrons. The number of methoxy groups -OCH3 is 2. The maximum absolute atomic E-state index is 4.97. The molecule has 58 valence electrons. The van der Waals surface area contributed by atoms with Crippen LogP contribution in [0, 0.1) is 19.2 Å². The maximum atomic E-state index is 4.97. The smallest absolute Gasteiger partial charge is 0.158 e. The summed E-state index contributed by atoms with van der Waals surface area (Å²) in [5, 5.41) is 0. The Bertz CT molecular complexity index is 248. The molecule has 1 heterocycles. The molecule has 11 heavy (non-hydrogen) atoms. The van der Waals surface area contributed by atoms with Crippen molar-refractivity contribution in [3.8, 4) is 11.5 Å². The number of hydrogen-bond acceptors (Lipinski definition) is 3. The molecule has 3 heteroatoms. The number of aromatic nitrogens is 1. The highest BCUT2D eigenvalue weighted by Crippen LogP contribution is 2.18. The fraction of sp³-hybridized carbons (Fsp3) is 0.375. The lowest BCUT2D eigenvalue weighted by molar-refractivity contribution is 0.386. The van der Waals surface area contributed by atoms with Gasteiger partial charge < -0.3 is 9.47 Å². The molecule has 1 rings (SSSR count). The van der Waals surface area contributed by atoms with Gasteiger partial charge in [0, 0.05) is 0 Å². The first-order chi connectivity index (χ1) is 5.27. The molecule has 0 spiro atoms. The van der Waals surface area contributed by atoms with E-state index in [-0.39, 0.29) is 0 Å². The Morgan fingerprint density at radius 1 is 1.27 bits per heavy atom. The van der Waals surface area contributed by atoms with Crippen LogP contribution < -0.4 is 9.47 Å². The molecule has 1 aromatic rings. The quantitative estimate of drug-likeness (QED) is 0.632. The van der Waals surface area contributed by atoms with E-state index in [4.69, 9.17) is 9.47 Å². The number of nitrogens with zero attached hydrogens (tertiary/aromatic N) is 1. The molecule has 0 saturated carbocycles. The first kappa shape index (κ1) is 7.85. The summed E-state index contributed by atoms with van der Waals surface area (Å²) >= 11 is 0. The van der Waals surface area contributed by atoms with Gasteiger partial charge in [-0.25, -0.2) is 4.98 Å². The van der Waals surface area contributed by atoms with E-state index in [2.05, 4.69) is 17.2 Å². The Morgan fingerprint density at radius 3 is 2.55 bits per heavy atom. The van der Waals surface area contributed by atoms with Crippen molar-refractivity contribution in [2.75, 3.05) is 14.2 Å². The van der Waals surface area contributed by atoms with Crippen molar-refractivity contribution in [1.29, 1.82) is 0 Å². The van der Waals surface area contributed by atoms with Crippen LogP contribution in [0.4, 0.5) is 0 Å². The largest absolute Gasteiger partial charge is 0.494 e. The third-order valence-electron chi connectivity index (χ3n) is 1.29. The summed E-state index contributed by atoms with van der Waals surface area (Å²) in [6.45, 7) is 1.82. The Kier molecular flexibility index (Phi) is 2.31. The summed E-state index contributed by atoms with van der Waals surface area (Å²) in [6, 6.07) is 2.85. The number of aryl methyl sites for hydroxylation is 1. The van der Waals surface area contributed by atoms with Crippen molar-refractivity contribution in [2.45, 2.75) is 6.92 Å². The van der Waals surface area contributed by atoms with Gasteiger partial charge in [0.2, 0.25) is 0 Å². The van der Waals surface area contributed by atoms with Crippen LogP contribution >= 0.6 is 0 Å². The maximum Gasteiger partial charge on any atom is 0.158 e. The number of rotatable bonds is 2. The minimum absolute atomic E-state index is 0.465. The van der Waals surface area contributed by atoms with Gasteiger partial charge in [-0.2, -0.15) is 0 Å². The summed E-state index contributed by atoms with van der Waals surface area (Å²) in [5.74, 6) is 1.06. The Balaban J connectivity index is 3.02. The van der Waals surface area contributed by atoms with Crippen LogP contribution in [0.3, 0.4) is 0 Å². The predicted molar refractivity (Wildman–Crippen MR) is 39.8 cm³/mol.